The minimum atomic E-state index is -3.58. The Bertz CT molecular complexity index is 820. The Morgan fingerprint density at radius 2 is 1.80 bits per heavy atom. The van der Waals surface area contributed by atoms with E-state index in [1.807, 2.05) is 37.3 Å². The monoisotopic (exact) mass is 362 g/mol. The topological polar surface area (TPSA) is 75.7 Å². The zero-order valence-corrected chi connectivity index (χ0v) is 15.3. The van der Waals surface area contributed by atoms with Crippen LogP contribution in [0.3, 0.4) is 0 Å². The molecule has 134 valence electrons. The van der Waals surface area contributed by atoms with Gasteiger partial charge in [-0.1, -0.05) is 24.3 Å². The summed E-state index contributed by atoms with van der Waals surface area (Å²) in [6, 6.07) is 15.0. The Hall–Kier alpha value is -2.38. The third-order valence-corrected chi connectivity index (χ3v) is 5.31. The highest BCUT2D eigenvalue weighted by Crippen LogP contribution is 2.15. The molecule has 6 nitrogen and oxygen atoms in total. The quantitative estimate of drug-likeness (QED) is 0.819. The van der Waals surface area contributed by atoms with Gasteiger partial charge in [0.15, 0.2) is 0 Å². The number of sulfonamides is 1. The Kier molecular flexibility index (Phi) is 6.17. The standard InChI is InChI=1S/C18H22N2O4S/c1-14(13-24-16-9-5-4-6-10-16)19-18(21)15-8-7-11-17(12-15)25(22,23)20(2)3/h4-12,14H,13H2,1-3H3,(H,19,21)/t14-/m1/s1. The summed E-state index contributed by atoms with van der Waals surface area (Å²) < 4.78 is 31.0. The maximum Gasteiger partial charge on any atom is 0.251 e. The Balaban J connectivity index is 2.01. The highest BCUT2D eigenvalue weighted by atomic mass is 32.2. The summed E-state index contributed by atoms with van der Waals surface area (Å²) in [6.07, 6.45) is 0. The van der Waals surface area contributed by atoms with E-state index < -0.39 is 10.0 Å². The van der Waals surface area contributed by atoms with Crippen molar-refractivity contribution in [2.24, 2.45) is 0 Å². The minimum Gasteiger partial charge on any atom is -0.491 e. The van der Waals surface area contributed by atoms with E-state index in [1.165, 1.54) is 26.2 Å². The number of amides is 1. The van der Waals surface area contributed by atoms with Crippen LogP contribution in [0.15, 0.2) is 59.5 Å². The van der Waals surface area contributed by atoms with Gasteiger partial charge >= 0.3 is 0 Å². The van der Waals surface area contributed by atoms with Crippen molar-refractivity contribution in [1.29, 1.82) is 0 Å². The lowest BCUT2D eigenvalue weighted by Gasteiger charge is -2.16. The first-order valence-corrected chi connectivity index (χ1v) is 9.26. The molecule has 2 aromatic rings. The van der Waals surface area contributed by atoms with Crippen molar-refractivity contribution in [3.05, 3.63) is 60.2 Å². The van der Waals surface area contributed by atoms with Crippen molar-refractivity contribution < 1.29 is 17.9 Å². The number of ether oxygens (including phenoxy) is 1. The van der Waals surface area contributed by atoms with Gasteiger partial charge in [-0.15, -0.1) is 0 Å². The second kappa shape index (κ2) is 8.13. The molecule has 0 aliphatic carbocycles. The number of rotatable bonds is 7. The lowest BCUT2D eigenvalue weighted by molar-refractivity contribution is 0.0926. The first kappa shape index (κ1) is 19.0. The first-order valence-electron chi connectivity index (χ1n) is 7.82. The van der Waals surface area contributed by atoms with Gasteiger partial charge in [0.1, 0.15) is 12.4 Å². The predicted octanol–water partition coefficient (Wildman–Crippen LogP) is 2.13. The number of nitrogens with zero attached hydrogens (tertiary/aromatic N) is 1. The van der Waals surface area contributed by atoms with E-state index >= 15 is 0 Å². The molecular formula is C18H22N2O4S. The molecular weight excluding hydrogens is 340 g/mol. The van der Waals surface area contributed by atoms with Crippen LogP contribution in [0.4, 0.5) is 0 Å². The Morgan fingerprint density at radius 3 is 2.44 bits per heavy atom. The molecule has 0 bridgehead atoms. The molecule has 25 heavy (non-hydrogen) atoms. The van der Waals surface area contributed by atoms with Crippen LogP contribution in [0, 0.1) is 0 Å². The van der Waals surface area contributed by atoms with E-state index in [-0.39, 0.29) is 22.4 Å². The molecule has 1 amide bonds. The van der Waals surface area contributed by atoms with Crippen LogP contribution in [0.2, 0.25) is 0 Å². The number of carbonyl (C=O) groups excluding carboxylic acids is 1. The van der Waals surface area contributed by atoms with Crippen molar-refractivity contribution in [3.63, 3.8) is 0 Å². The molecule has 0 spiro atoms. The zero-order chi connectivity index (χ0) is 18.4. The van der Waals surface area contributed by atoms with Crippen LogP contribution in [-0.2, 0) is 10.0 Å². The van der Waals surface area contributed by atoms with E-state index in [9.17, 15) is 13.2 Å². The van der Waals surface area contributed by atoms with Gasteiger partial charge in [0.2, 0.25) is 10.0 Å². The molecule has 0 unspecified atom stereocenters. The van der Waals surface area contributed by atoms with Gasteiger partial charge in [0.25, 0.3) is 5.91 Å². The van der Waals surface area contributed by atoms with Crippen LogP contribution in [0.5, 0.6) is 5.75 Å². The number of hydrogen-bond donors (Lipinski definition) is 1. The molecule has 0 radical (unpaired) electrons. The summed E-state index contributed by atoms with van der Waals surface area (Å²) in [6.45, 7) is 2.13. The van der Waals surface area contributed by atoms with E-state index in [2.05, 4.69) is 5.32 Å². The second-order valence-corrected chi connectivity index (χ2v) is 7.97. The Morgan fingerprint density at radius 1 is 1.12 bits per heavy atom. The van der Waals surface area contributed by atoms with E-state index in [4.69, 9.17) is 4.74 Å². The van der Waals surface area contributed by atoms with Gasteiger partial charge < -0.3 is 10.1 Å². The zero-order valence-electron chi connectivity index (χ0n) is 14.5. The van der Waals surface area contributed by atoms with Crippen molar-refractivity contribution in [1.82, 2.24) is 9.62 Å². The first-order chi connectivity index (χ1) is 11.8. The highest BCUT2D eigenvalue weighted by molar-refractivity contribution is 7.89. The smallest absolute Gasteiger partial charge is 0.251 e. The van der Waals surface area contributed by atoms with Gasteiger partial charge in [-0.05, 0) is 37.3 Å². The molecule has 0 fully saturated rings. The molecule has 0 heterocycles. The third-order valence-electron chi connectivity index (χ3n) is 3.50. The average molecular weight is 362 g/mol. The van der Waals surface area contributed by atoms with Crippen molar-refractivity contribution >= 4 is 15.9 Å². The van der Waals surface area contributed by atoms with E-state index in [0.717, 1.165) is 10.1 Å². The molecule has 0 aliphatic heterocycles. The Labute approximate surface area is 148 Å². The fraction of sp³-hybridized carbons (Fsp3) is 0.278. The number of nitrogens with one attached hydrogen (secondary N) is 1. The lowest BCUT2D eigenvalue weighted by Crippen LogP contribution is -2.36. The molecule has 2 aromatic carbocycles. The molecule has 0 saturated heterocycles. The van der Waals surface area contributed by atoms with Gasteiger partial charge in [-0.3, -0.25) is 4.79 Å². The van der Waals surface area contributed by atoms with E-state index in [0.29, 0.717) is 6.61 Å². The van der Waals surface area contributed by atoms with Crippen LogP contribution in [-0.4, -0.2) is 45.4 Å². The van der Waals surface area contributed by atoms with Crippen molar-refractivity contribution in [2.75, 3.05) is 20.7 Å². The summed E-state index contributed by atoms with van der Waals surface area (Å²) in [5.74, 6) is 0.377. The van der Waals surface area contributed by atoms with Gasteiger partial charge in [0, 0.05) is 19.7 Å². The number of carbonyl (C=O) groups is 1. The summed E-state index contributed by atoms with van der Waals surface area (Å²) in [7, 11) is -0.680. The summed E-state index contributed by atoms with van der Waals surface area (Å²) >= 11 is 0. The molecule has 0 aliphatic rings. The highest BCUT2D eigenvalue weighted by Gasteiger charge is 2.19. The lowest BCUT2D eigenvalue weighted by atomic mass is 10.2. The van der Waals surface area contributed by atoms with Crippen molar-refractivity contribution in [3.8, 4) is 5.75 Å². The fourth-order valence-corrected chi connectivity index (χ4v) is 3.04. The molecule has 2 rings (SSSR count). The molecule has 7 heteroatoms. The predicted molar refractivity (Wildman–Crippen MR) is 96.2 cm³/mol. The SMILES string of the molecule is C[C@H](COc1ccccc1)NC(=O)c1cccc(S(=O)(=O)N(C)C)c1. The normalized spacial score (nSPS) is 12.6. The summed E-state index contributed by atoms with van der Waals surface area (Å²) in [5, 5.41) is 2.80. The second-order valence-electron chi connectivity index (χ2n) is 5.81. The summed E-state index contributed by atoms with van der Waals surface area (Å²) in [4.78, 5) is 12.4. The molecule has 0 aromatic heterocycles. The molecule has 0 saturated carbocycles. The summed E-state index contributed by atoms with van der Waals surface area (Å²) in [5.41, 5.74) is 0.287. The maximum absolute atomic E-state index is 12.3. The van der Waals surface area contributed by atoms with Gasteiger partial charge in [-0.2, -0.15) is 0 Å². The van der Waals surface area contributed by atoms with Gasteiger partial charge in [-0.25, -0.2) is 12.7 Å². The number of hydrogen-bond acceptors (Lipinski definition) is 4. The van der Waals surface area contributed by atoms with Crippen LogP contribution in [0.25, 0.3) is 0 Å². The molecule has 1 N–H and O–H groups in total. The van der Waals surface area contributed by atoms with E-state index in [1.54, 1.807) is 12.1 Å². The fourth-order valence-electron chi connectivity index (χ4n) is 2.10. The van der Waals surface area contributed by atoms with Gasteiger partial charge in [0.05, 0.1) is 10.9 Å². The number of benzene rings is 2. The van der Waals surface area contributed by atoms with Crippen LogP contribution in [0.1, 0.15) is 17.3 Å². The minimum absolute atomic E-state index is 0.0818. The maximum atomic E-state index is 12.3. The number of para-hydroxylation sites is 1. The van der Waals surface area contributed by atoms with Crippen LogP contribution >= 0.6 is 0 Å². The third kappa shape index (κ3) is 5.04. The van der Waals surface area contributed by atoms with Crippen LogP contribution < -0.4 is 10.1 Å². The van der Waals surface area contributed by atoms with Crippen molar-refractivity contribution in [2.45, 2.75) is 17.9 Å². The molecule has 1 atom stereocenters. The largest absolute Gasteiger partial charge is 0.491 e. The average Bonchev–Trinajstić information content (AvgIpc) is 2.60.